The maximum atomic E-state index is 12.5. The number of aryl methyl sites for hydroxylation is 1. The van der Waals surface area contributed by atoms with E-state index in [1.54, 1.807) is 22.9 Å². The van der Waals surface area contributed by atoms with Gasteiger partial charge in [0.1, 0.15) is 0 Å². The number of hydrogen-bond acceptors (Lipinski definition) is 2. The number of hydrogen-bond donors (Lipinski definition) is 1. The smallest absolute Gasteiger partial charge is 0.264 e. The summed E-state index contributed by atoms with van der Waals surface area (Å²) in [4.78, 5) is 12.5. The number of anilines is 1. The first kappa shape index (κ1) is 11.5. The fraction of sp³-hybridized carbons (Fsp3) is 0.0625. The van der Waals surface area contributed by atoms with Crippen LogP contribution in [0.5, 0.6) is 0 Å². The zero-order chi connectivity index (χ0) is 13.4. The van der Waals surface area contributed by atoms with E-state index in [1.807, 2.05) is 43.3 Å². The van der Waals surface area contributed by atoms with Crippen LogP contribution < -0.4 is 5.73 Å². The van der Waals surface area contributed by atoms with Gasteiger partial charge in [-0.15, -0.1) is 0 Å². The van der Waals surface area contributed by atoms with Gasteiger partial charge in [-0.1, -0.05) is 24.3 Å². The van der Waals surface area contributed by atoms with Crippen LogP contribution in [0.4, 0.5) is 5.69 Å². The zero-order valence-electron chi connectivity index (χ0n) is 10.6. The third-order valence-corrected chi connectivity index (χ3v) is 3.36. The van der Waals surface area contributed by atoms with Crippen molar-refractivity contribution in [3.8, 4) is 0 Å². The minimum Gasteiger partial charge on any atom is -0.398 e. The number of aromatic nitrogens is 1. The van der Waals surface area contributed by atoms with Crippen molar-refractivity contribution in [2.24, 2.45) is 0 Å². The molecule has 0 fully saturated rings. The highest BCUT2D eigenvalue weighted by molar-refractivity contribution is 6.05. The molecule has 0 amide bonds. The van der Waals surface area contributed by atoms with Gasteiger partial charge in [-0.25, -0.2) is 0 Å². The Hall–Kier alpha value is -2.55. The van der Waals surface area contributed by atoms with E-state index in [-0.39, 0.29) is 5.91 Å². The molecule has 1 aromatic heterocycles. The third kappa shape index (κ3) is 1.80. The molecule has 94 valence electrons. The van der Waals surface area contributed by atoms with Crippen molar-refractivity contribution in [2.75, 3.05) is 5.73 Å². The first-order valence-electron chi connectivity index (χ1n) is 6.14. The van der Waals surface area contributed by atoms with Gasteiger partial charge >= 0.3 is 0 Å². The van der Waals surface area contributed by atoms with Gasteiger partial charge in [-0.2, -0.15) is 0 Å². The van der Waals surface area contributed by atoms with Crippen molar-refractivity contribution < 1.29 is 4.79 Å². The van der Waals surface area contributed by atoms with Crippen LogP contribution in [-0.2, 0) is 0 Å². The SMILES string of the molecule is Cc1cccc2c1ccn2C(=O)c1ccccc1N. The molecule has 2 aromatic carbocycles. The number of carbonyl (C=O) groups is 1. The normalized spacial score (nSPS) is 10.8. The standard InChI is InChI=1S/C16H14N2O/c1-11-5-4-8-15-12(11)9-10-18(15)16(19)13-6-2-3-7-14(13)17/h2-10H,17H2,1H3. The van der Waals surface area contributed by atoms with Gasteiger partial charge in [0.15, 0.2) is 0 Å². The van der Waals surface area contributed by atoms with Gasteiger partial charge in [0.05, 0.1) is 11.1 Å². The molecule has 0 aliphatic carbocycles. The number of nitrogens with two attached hydrogens (primary N) is 1. The monoisotopic (exact) mass is 250 g/mol. The largest absolute Gasteiger partial charge is 0.398 e. The molecule has 0 atom stereocenters. The number of nitrogen functional groups attached to an aromatic ring is 1. The summed E-state index contributed by atoms with van der Waals surface area (Å²) in [5.41, 5.74) is 8.97. The van der Waals surface area contributed by atoms with Gasteiger partial charge in [0.2, 0.25) is 0 Å². The molecule has 0 saturated carbocycles. The van der Waals surface area contributed by atoms with Crippen molar-refractivity contribution in [2.45, 2.75) is 6.92 Å². The van der Waals surface area contributed by atoms with Crippen LogP contribution in [0.3, 0.4) is 0 Å². The number of para-hydroxylation sites is 1. The predicted molar refractivity (Wildman–Crippen MR) is 77.3 cm³/mol. The van der Waals surface area contributed by atoms with Crippen LogP contribution in [-0.4, -0.2) is 10.5 Å². The fourth-order valence-corrected chi connectivity index (χ4v) is 2.32. The Kier molecular flexibility index (Phi) is 2.60. The molecular formula is C16H14N2O. The lowest BCUT2D eigenvalue weighted by atomic mass is 10.1. The van der Waals surface area contributed by atoms with E-state index in [0.717, 1.165) is 16.5 Å². The predicted octanol–water partition coefficient (Wildman–Crippen LogP) is 3.22. The van der Waals surface area contributed by atoms with E-state index < -0.39 is 0 Å². The van der Waals surface area contributed by atoms with Gasteiger partial charge in [0.25, 0.3) is 5.91 Å². The molecule has 0 radical (unpaired) electrons. The molecule has 0 bridgehead atoms. The lowest BCUT2D eigenvalue weighted by molar-refractivity contribution is 0.0966. The van der Waals surface area contributed by atoms with E-state index in [0.29, 0.717) is 11.3 Å². The fourth-order valence-electron chi connectivity index (χ4n) is 2.32. The van der Waals surface area contributed by atoms with Crippen LogP contribution in [0, 0.1) is 6.92 Å². The quantitative estimate of drug-likeness (QED) is 0.674. The Bertz CT molecular complexity index is 771. The lowest BCUT2D eigenvalue weighted by Gasteiger charge is -2.07. The summed E-state index contributed by atoms with van der Waals surface area (Å²) in [5, 5.41) is 1.09. The van der Waals surface area contributed by atoms with E-state index in [2.05, 4.69) is 0 Å². The highest BCUT2D eigenvalue weighted by atomic mass is 16.2. The second kappa shape index (κ2) is 4.28. The van der Waals surface area contributed by atoms with Crippen LogP contribution in [0.2, 0.25) is 0 Å². The molecule has 0 aliphatic rings. The average Bonchev–Trinajstić information content (AvgIpc) is 2.84. The Morgan fingerprint density at radius 2 is 1.84 bits per heavy atom. The molecule has 3 rings (SSSR count). The number of carbonyl (C=O) groups excluding carboxylic acids is 1. The number of nitrogens with zero attached hydrogens (tertiary/aromatic N) is 1. The van der Waals surface area contributed by atoms with E-state index in [4.69, 9.17) is 5.73 Å². The molecule has 0 spiro atoms. The second-order valence-electron chi connectivity index (χ2n) is 4.59. The summed E-state index contributed by atoms with van der Waals surface area (Å²) in [7, 11) is 0. The van der Waals surface area contributed by atoms with Crippen molar-refractivity contribution in [1.29, 1.82) is 0 Å². The van der Waals surface area contributed by atoms with Gasteiger partial charge in [-0.3, -0.25) is 9.36 Å². The average molecular weight is 250 g/mol. The Morgan fingerprint density at radius 3 is 2.63 bits per heavy atom. The molecule has 3 nitrogen and oxygen atoms in total. The number of rotatable bonds is 1. The van der Waals surface area contributed by atoms with Crippen LogP contribution in [0.1, 0.15) is 15.9 Å². The molecule has 0 unspecified atom stereocenters. The summed E-state index contributed by atoms with van der Waals surface area (Å²) in [5.74, 6) is -0.0984. The summed E-state index contributed by atoms with van der Waals surface area (Å²) in [6.07, 6.45) is 1.80. The summed E-state index contributed by atoms with van der Waals surface area (Å²) in [6.45, 7) is 2.04. The zero-order valence-corrected chi connectivity index (χ0v) is 10.6. The Balaban J connectivity index is 2.18. The first-order valence-corrected chi connectivity index (χ1v) is 6.14. The third-order valence-electron chi connectivity index (χ3n) is 3.36. The van der Waals surface area contributed by atoms with Crippen molar-refractivity contribution >= 4 is 22.5 Å². The van der Waals surface area contributed by atoms with Gasteiger partial charge < -0.3 is 5.73 Å². The van der Waals surface area contributed by atoms with E-state index >= 15 is 0 Å². The van der Waals surface area contributed by atoms with Crippen molar-refractivity contribution in [3.63, 3.8) is 0 Å². The topological polar surface area (TPSA) is 48.0 Å². The molecule has 0 aliphatic heterocycles. The molecule has 0 saturated heterocycles. The lowest BCUT2D eigenvalue weighted by Crippen LogP contribution is -2.12. The molecule has 19 heavy (non-hydrogen) atoms. The Labute approximate surface area is 111 Å². The van der Waals surface area contributed by atoms with E-state index in [1.165, 1.54) is 0 Å². The number of benzene rings is 2. The Morgan fingerprint density at radius 1 is 1.05 bits per heavy atom. The highest BCUT2D eigenvalue weighted by Crippen LogP contribution is 2.22. The van der Waals surface area contributed by atoms with Crippen LogP contribution >= 0.6 is 0 Å². The maximum absolute atomic E-state index is 12.5. The first-order chi connectivity index (χ1) is 9.18. The van der Waals surface area contributed by atoms with Crippen LogP contribution in [0.15, 0.2) is 54.7 Å². The minimum atomic E-state index is -0.0984. The highest BCUT2D eigenvalue weighted by Gasteiger charge is 2.14. The minimum absolute atomic E-state index is 0.0984. The van der Waals surface area contributed by atoms with Crippen molar-refractivity contribution in [3.05, 3.63) is 65.9 Å². The number of fused-ring (bicyclic) bond motifs is 1. The molecule has 2 N–H and O–H groups in total. The van der Waals surface area contributed by atoms with Gasteiger partial charge in [0, 0.05) is 17.3 Å². The summed E-state index contributed by atoms with van der Waals surface area (Å²) < 4.78 is 1.65. The summed E-state index contributed by atoms with van der Waals surface area (Å²) in [6, 6.07) is 15.0. The molecule has 3 aromatic rings. The van der Waals surface area contributed by atoms with Crippen LogP contribution in [0.25, 0.3) is 10.9 Å². The molecule has 3 heteroatoms. The van der Waals surface area contributed by atoms with Crippen molar-refractivity contribution in [1.82, 2.24) is 4.57 Å². The molecular weight excluding hydrogens is 236 g/mol. The molecule has 1 heterocycles. The van der Waals surface area contributed by atoms with E-state index in [9.17, 15) is 4.79 Å². The second-order valence-corrected chi connectivity index (χ2v) is 4.59. The van der Waals surface area contributed by atoms with Gasteiger partial charge in [-0.05, 0) is 36.8 Å². The summed E-state index contributed by atoms with van der Waals surface area (Å²) >= 11 is 0. The maximum Gasteiger partial charge on any atom is 0.264 e.